The molecule has 1 atom stereocenters. The molecule has 0 saturated carbocycles. The lowest BCUT2D eigenvalue weighted by atomic mass is 10.0. The topological polar surface area (TPSA) is 108 Å². The molecule has 9 heteroatoms. The molecule has 1 aromatic carbocycles. The second kappa shape index (κ2) is 17.9. The van der Waals surface area contributed by atoms with E-state index in [1.54, 1.807) is 6.08 Å². The van der Waals surface area contributed by atoms with Crippen LogP contribution in [0.1, 0.15) is 63.8 Å². The van der Waals surface area contributed by atoms with Crippen LogP contribution in [-0.2, 0) is 22.7 Å². The van der Waals surface area contributed by atoms with E-state index < -0.39 is 0 Å². The van der Waals surface area contributed by atoms with Crippen LogP contribution >= 0.6 is 0 Å². The number of nitrogens with one attached hydrogen (secondary N) is 1. The number of benzene rings is 1. The van der Waals surface area contributed by atoms with Crippen molar-refractivity contribution in [2.75, 3.05) is 38.6 Å². The van der Waals surface area contributed by atoms with Crippen LogP contribution in [0, 0.1) is 6.92 Å². The van der Waals surface area contributed by atoms with Gasteiger partial charge in [0.05, 0.1) is 23.4 Å². The standard InChI is InChI=1S/C26H31N5O.C2H4O.2C2H6.CH2O2/c1-6-19-16(2)11-24-25-18(14-31(24)26(19)32)12-20-21(15-29(4)5)23(8-7-22(20)28-25)30-10-9-27-17(3)13-30;1-2-3;2*1-2;2-1-3/h6-8,11-12,17,27H,1,9-10,13-15H2,2-5H3;2H,1H3;2*1-2H3;1H,(H,2,3). The summed E-state index contributed by atoms with van der Waals surface area (Å²) in [6.45, 7) is 21.6. The van der Waals surface area contributed by atoms with Gasteiger partial charge in [-0.05, 0) is 70.3 Å². The number of nitrogens with zero attached hydrogens (tertiary/aromatic N) is 4. The smallest absolute Gasteiger partial charge is 0.290 e. The molecular weight excluding hydrogens is 530 g/mol. The van der Waals surface area contributed by atoms with Crippen LogP contribution < -0.4 is 15.8 Å². The molecule has 1 fully saturated rings. The maximum atomic E-state index is 13.0. The normalized spacial score (nSPS) is 14.3. The number of aromatic nitrogens is 2. The van der Waals surface area contributed by atoms with Gasteiger partial charge in [0.2, 0.25) is 0 Å². The van der Waals surface area contributed by atoms with Crippen LogP contribution in [0.2, 0.25) is 0 Å². The van der Waals surface area contributed by atoms with E-state index >= 15 is 0 Å². The maximum absolute atomic E-state index is 13.0. The Labute approximate surface area is 250 Å². The number of carboxylic acid groups (broad SMARTS) is 1. The molecule has 0 amide bonds. The number of anilines is 1. The molecule has 0 aliphatic carbocycles. The highest BCUT2D eigenvalue weighted by Crippen LogP contribution is 2.36. The van der Waals surface area contributed by atoms with Crippen molar-refractivity contribution in [3.8, 4) is 11.4 Å². The number of carbonyl (C=O) groups excluding carboxylic acids is 1. The van der Waals surface area contributed by atoms with Crippen molar-refractivity contribution in [3.05, 3.63) is 63.5 Å². The first kappa shape index (κ1) is 36.2. The zero-order valence-electron chi connectivity index (χ0n) is 26.8. The summed E-state index contributed by atoms with van der Waals surface area (Å²) in [6, 6.07) is 9.17. The van der Waals surface area contributed by atoms with Crippen LogP contribution in [0.3, 0.4) is 0 Å². The first-order valence-corrected chi connectivity index (χ1v) is 14.6. The summed E-state index contributed by atoms with van der Waals surface area (Å²) in [5.41, 5.74) is 8.16. The van der Waals surface area contributed by atoms with Crippen LogP contribution in [0.5, 0.6) is 0 Å². The molecule has 5 rings (SSSR count). The predicted octanol–water partition coefficient (Wildman–Crippen LogP) is 5.19. The molecule has 1 saturated heterocycles. The average Bonchev–Trinajstić information content (AvgIpc) is 3.33. The molecule has 9 nitrogen and oxygen atoms in total. The number of hydrogen-bond acceptors (Lipinski definition) is 7. The van der Waals surface area contributed by atoms with Crippen LogP contribution in [-0.4, -0.2) is 72.1 Å². The fourth-order valence-corrected chi connectivity index (χ4v) is 5.16. The largest absolute Gasteiger partial charge is 0.483 e. The molecule has 0 radical (unpaired) electrons. The van der Waals surface area contributed by atoms with Gasteiger partial charge in [-0.2, -0.15) is 0 Å². The van der Waals surface area contributed by atoms with Crippen molar-refractivity contribution in [1.82, 2.24) is 19.8 Å². The van der Waals surface area contributed by atoms with Crippen molar-refractivity contribution in [1.29, 1.82) is 0 Å². The van der Waals surface area contributed by atoms with Crippen molar-refractivity contribution in [3.63, 3.8) is 0 Å². The summed E-state index contributed by atoms with van der Waals surface area (Å²) in [5.74, 6) is 0. The van der Waals surface area contributed by atoms with E-state index in [-0.39, 0.29) is 12.0 Å². The second-order valence-corrected chi connectivity index (χ2v) is 9.73. The van der Waals surface area contributed by atoms with Gasteiger partial charge < -0.3 is 29.6 Å². The molecule has 2 N–H and O–H groups in total. The van der Waals surface area contributed by atoms with Gasteiger partial charge in [-0.15, -0.1) is 0 Å². The average molecular weight is 580 g/mol. The molecule has 1 unspecified atom stereocenters. The van der Waals surface area contributed by atoms with E-state index in [1.165, 1.54) is 23.6 Å². The molecule has 4 heterocycles. The van der Waals surface area contributed by atoms with Crippen LogP contribution in [0.4, 0.5) is 5.69 Å². The third-order valence-electron chi connectivity index (χ3n) is 6.67. The van der Waals surface area contributed by atoms with E-state index in [1.807, 2.05) is 39.2 Å². The van der Waals surface area contributed by atoms with Crippen LogP contribution in [0.15, 0.2) is 35.6 Å². The number of fused-ring (bicyclic) bond motifs is 4. The van der Waals surface area contributed by atoms with Crippen molar-refractivity contribution >= 4 is 35.4 Å². The van der Waals surface area contributed by atoms with Gasteiger partial charge in [0.15, 0.2) is 0 Å². The van der Waals surface area contributed by atoms with E-state index in [2.05, 4.69) is 67.0 Å². The van der Waals surface area contributed by atoms with Gasteiger partial charge in [0, 0.05) is 54.4 Å². The molecule has 2 aliphatic rings. The highest BCUT2D eigenvalue weighted by molar-refractivity contribution is 5.91. The fraction of sp³-hybridized carbons (Fsp3) is 0.455. The Hall–Kier alpha value is -3.82. The van der Waals surface area contributed by atoms with Gasteiger partial charge in [0.1, 0.15) is 6.29 Å². The third-order valence-corrected chi connectivity index (χ3v) is 6.67. The molecule has 230 valence electrons. The maximum Gasteiger partial charge on any atom is 0.290 e. The number of aryl methyl sites for hydroxylation is 1. The van der Waals surface area contributed by atoms with E-state index in [9.17, 15) is 4.79 Å². The lowest BCUT2D eigenvalue weighted by Crippen LogP contribution is -2.49. The Balaban J connectivity index is 0.000000788. The fourth-order valence-electron chi connectivity index (χ4n) is 5.16. The minimum absolute atomic E-state index is 0.0149. The van der Waals surface area contributed by atoms with Gasteiger partial charge in [-0.3, -0.25) is 9.59 Å². The molecule has 2 aliphatic heterocycles. The van der Waals surface area contributed by atoms with Gasteiger partial charge >= 0.3 is 0 Å². The first-order valence-electron chi connectivity index (χ1n) is 14.6. The van der Waals surface area contributed by atoms with Gasteiger partial charge in [-0.25, -0.2) is 4.98 Å². The molecule has 3 aromatic rings. The van der Waals surface area contributed by atoms with Gasteiger partial charge in [-0.1, -0.05) is 40.3 Å². The number of pyridine rings is 2. The zero-order chi connectivity index (χ0) is 32.0. The second-order valence-electron chi connectivity index (χ2n) is 9.73. The van der Waals surface area contributed by atoms with Crippen molar-refractivity contribution in [2.45, 2.75) is 67.6 Å². The highest BCUT2D eigenvalue weighted by Gasteiger charge is 2.26. The Morgan fingerprint density at radius 1 is 1.17 bits per heavy atom. The lowest BCUT2D eigenvalue weighted by Gasteiger charge is -2.35. The number of rotatable bonds is 4. The molecule has 42 heavy (non-hydrogen) atoms. The number of hydrogen-bond donors (Lipinski definition) is 2. The van der Waals surface area contributed by atoms with Gasteiger partial charge in [0.25, 0.3) is 12.0 Å². The SMILES string of the molecule is C=Cc1c(C)cc2n(c1=O)Cc1cc3c(CN(C)C)c(N4CCNC(C)C4)ccc3nc1-2.CC.CC.CC=O.O=CO. The van der Waals surface area contributed by atoms with E-state index in [0.717, 1.165) is 60.5 Å². The lowest BCUT2D eigenvalue weighted by molar-refractivity contribution is -0.122. The van der Waals surface area contributed by atoms with Crippen molar-refractivity contribution in [2.24, 2.45) is 0 Å². The summed E-state index contributed by atoms with van der Waals surface area (Å²) < 4.78 is 1.84. The quantitative estimate of drug-likeness (QED) is 0.318. The van der Waals surface area contributed by atoms with E-state index in [4.69, 9.17) is 19.7 Å². The monoisotopic (exact) mass is 579 g/mol. The van der Waals surface area contributed by atoms with Crippen LogP contribution in [0.25, 0.3) is 28.4 Å². The summed E-state index contributed by atoms with van der Waals surface area (Å²) in [6.07, 6.45) is 2.41. The minimum Gasteiger partial charge on any atom is -0.483 e. The Morgan fingerprint density at radius 3 is 2.33 bits per heavy atom. The Kier molecular flexibility index (Phi) is 15.4. The Morgan fingerprint density at radius 2 is 1.79 bits per heavy atom. The molecule has 0 bridgehead atoms. The number of aldehydes is 1. The third kappa shape index (κ3) is 8.36. The minimum atomic E-state index is -0.250. The molecular formula is C33H49N5O4. The summed E-state index contributed by atoms with van der Waals surface area (Å²) >= 11 is 0. The van der Waals surface area contributed by atoms with Crippen molar-refractivity contribution < 1.29 is 14.7 Å². The molecule has 0 spiro atoms. The highest BCUT2D eigenvalue weighted by atomic mass is 16.3. The predicted molar refractivity (Wildman–Crippen MR) is 176 cm³/mol. The summed E-state index contributed by atoms with van der Waals surface area (Å²) in [5, 5.41) is 11.6. The zero-order valence-corrected chi connectivity index (χ0v) is 26.8. The Bertz CT molecular complexity index is 1390. The summed E-state index contributed by atoms with van der Waals surface area (Å²) in [7, 11) is 4.22. The summed E-state index contributed by atoms with van der Waals surface area (Å²) in [4.78, 5) is 40.0. The van der Waals surface area contributed by atoms with E-state index in [0.29, 0.717) is 18.2 Å². The first-order chi connectivity index (χ1) is 20.2. The number of carbonyl (C=O) groups is 2. The molecule has 2 aromatic heterocycles. The number of piperazine rings is 1.